The molecule has 0 amide bonds. The summed E-state index contributed by atoms with van der Waals surface area (Å²) in [5, 5.41) is 0. The Morgan fingerprint density at radius 2 is 1.89 bits per heavy atom. The summed E-state index contributed by atoms with van der Waals surface area (Å²) in [6.45, 7) is 6.77. The van der Waals surface area contributed by atoms with Crippen LogP contribution < -0.4 is 4.74 Å². The second-order valence-electron chi connectivity index (χ2n) is 6.87. The Labute approximate surface area is 161 Å². The Balaban J connectivity index is 1.56. The number of aryl methyl sites for hydroxylation is 1. The van der Waals surface area contributed by atoms with E-state index in [9.17, 15) is 0 Å². The second kappa shape index (κ2) is 9.38. The van der Waals surface area contributed by atoms with E-state index in [1.807, 2.05) is 43.3 Å². The van der Waals surface area contributed by atoms with E-state index in [4.69, 9.17) is 9.15 Å². The Kier molecular flexibility index (Phi) is 6.66. The number of ether oxygens (including phenoxy) is 1. The zero-order chi connectivity index (χ0) is 19.1. The Morgan fingerprint density at radius 3 is 2.67 bits per heavy atom. The van der Waals surface area contributed by atoms with Gasteiger partial charge < -0.3 is 14.1 Å². The molecule has 0 saturated heterocycles. The number of hydrogen-bond acceptors (Lipinski definition) is 4. The van der Waals surface area contributed by atoms with E-state index in [1.165, 1.54) is 5.56 Å². The molecule has 0 bridgehead atoms. The zero-order valence-electron chi connectivity index (χ0n) is 16.4. The molecule has 142 valence electrons. The van der Waals surface area contributed by atoms with Gasteiger partial charge in [-0.1, -0.05) is 37.3 Å². The Morgan fingerprint density at radius 1 is 1.07 bits per heavy atom. The summed E-state index contributed by atoms with van der Waals surface area (Å²) in [7, 11) is 2.15. The molecule has 0 aliphatic carbocycles. The lowest BCUT2D eigenvalue weighted by molar-refractivity contribution is 0.314. The van der Waals surface area contributed by atoms with Crippen molar-refractivity contribution < 1.29 is 9.15 Å². The normalized spacial score (nSPS) is 11.1. The predicted octanol–water partition coefficient (Wildman–Crippen LogP) is 5.11. The van der Waals surface area contributed by atoms with Crippen LogP contribution in [0.5, 0.6) is 5.75 Å². The van der Waals surface area contributed by atoms with Crippen molar-refractivity contribution >= 4 is 0 Å². The van der Waals surface area contributed by atoms with Gasteiger partial charge in [0.05, 0.1) is 12.3 Å². The zero-order valence-corrected chi connectivity index (χ0v) is 16.4. The molecule has 4 heteroatoms. The highest BCUT2D eigenvalue weighted by Crippen LogP contribution is 2.22. The van der Waals surface area contributed by atoms with Gasteiger partial charge in [0.15, 0.2) is 0 Å². The predicted molar refractivity (Wildman–Crippen MR) is 109 cm³/mol. The molecule has 0 radical (unpaired) electrons. The quantitative estimate of drug-likeness (QED) is 0.529. The largest absolute Gasteiger partial charge is 0.493 e. The van der Waals surface area contributed by atoms with Gasteiger partial charge in [-0.05, 0) is 56.8 Å². The molecule has 2 aromatic carbocycles. The molecule has 1 heterocycles. The van der Waals surface area contributed by atoms with Crippen LogP contribution in [0, 0.1) is 6.92 Å². The summed E-state index contributed by atoms with van der Waals surface area (Å²) >= 11 is 0. The fourth-order valence-electron chi connectivity index (χ4n) is 3.14. The summed E-state index contributed by atoms with van der Waals surface area (Å²) < 4.78 is 11.8. The first kappa shape index (κ1) is 19.2. The van der Waals surface area contributed by atoms with Crippen molar-refractivity contribution in [3.8, 4) is 17.2 Å². The first-order valence-corrected chi connectivity index (χ1v) is 9.57. The number of nitrogens with zero attached hydrogens (tertiary/aromatic N) is 2. The van der Waals surface area contributed by atoms with Gasteiger partial charge in [0, 0.05) is 18.5 Å². The summed E-state index contributed by atoms with van der Waals surface area (Å²) in [6.07, 6.45) is 1.89. The van der Waals surface area contributed by atoms with Crippen molar-refractivity contribution in [2.24, 2.45) is 0 Å². The monoisotopic (exact) mass is 364 g/mol. The van der Waals surface area contributed by atoms with Crippen LogP contribution in [0.3, 0.4) is 0 Å². The lowest BCUT2D eigenvalue weighted by atomic mass is 10.2. The maximum Gasteiger partial charge on any atom is 0.226 e. The third-order valence-corrected chi connectivity index (χ3v) is 4.48. The molecule has 1 aromatic heterocycles. The Bertz CT molecular complexity index is 843. The van der Waals surface area contributed by atoms with Gasteiger partial charge in [0.25, 0.3) is 0 Å². The van der Waals surface area contributed by atoms with Crippen molar-refractivity contribution in [3.63, 3.8) is 0 Å². The molecule has 0 N–H and O–H groups in total. The molecule has 27 heavy (non-hydrogen) atoms. The molecule has 0 saturated carbocycles. The van der Waals surface area contributed by atoms with Gasteiger partial charge in [0.2, 0.25) is 5.89 Å². The first-order chi connectivity index (χ1) is 13.2. The molecule has 3 aromatic rings. The molecular weight excluding hydrogens is 336 g/mol. The minimum atomic E-state index is 0.579. The maximum absolute atomic E-state index is 5.96. The van der Waals surface area contributed by atoms with Gasteiger partial charge in [-0.15, -0.1) is 0 Å². The van der Waals surface area contributed by atoms with Crippen molar-refractivity contribution in [2.75, 3.05) is 20.2 Å². The van der Waals surface area contributed by atoms with Crippen molar-refractivity contribution in [1.29, 1.82) is 0 Å². The lowest BCUT2D eigenvalue weighted by Crippen LogP contribution is -2.18. The molecule has 0 fully saturated rings. The van der Waals surface area contributed by atoms with Crippen LogP contribution in [0.25, 0.3) is 11.5 Å². The second-order valence-corrected chi connectivity index (χ2v) is 6.87. The lowest BCUT2D eigenvalue weighted by Gasteiger charge is -2.16. The van der Waals surface area contributed by atoms with Crippen LogP contribution >= 0.6 is 0 Å². The maximum atomic E-state index is 5.96. The average Bonchev–Trinajstić information content (AvgIpc) is 3.04. The smallest absolute Gasteiger partial charge is 0.226 e. The number of rotatable bonds is 9. The number of hydrogen-bond donors (Lipinski definition) is 0. The minimum absolute atomic E-state index is 0.579. The fourth-order valence-corrected chi connectivity index (χ4v) is 3.14. The van der Waals surface area contributed by atoms with E-state index in [0.29, 0.717) is 12.5 Å². The van der Waals surface area contributed by atoms with Gasteiger partial charge in [-0.2, -0.15) is 0 Å². The SMILES string of the molecule is CCCN(C)Cc1cccc(OCCc2nc(-c3ccccc3)oc2C)c1. The molecule has 0 aliphatic heterocycles. The summed E-state index contributed by atoms with van der Waals surface area (Å²) in [5.41, 5.74) is 3.22. The van der Waals surface area contributed by atoms with Crippen LogP contribution in [-0.2, 0) is 13.0 Å². The topological polar surface area (TPSA) is 38.5 Å². The van der Waals surface area contributed by atoms with Crippen LogP contribution in [-0.4, -0.2) is 30.1 Å². The van der Waals surface area contributed by atoms with E-state index in [-0.39, 0.29) is 0 Å². The molecule has 0 atom stereocenters. The molecular formula is C23H28N2O2. The van der Waals surface area contributed by atoms with E-state index in [0.717, 1.165) is 48.7 Å². The molecule has 3 rings (SSSR count). The van der Waals surface area contributed by atoms with Crippen LogP contribution in [0.1, 0.15) is 30.4 Å². The molecule has 0 aliphatic rings. The minimum Gasteiger partial charge on any atom is -0.493 e. The van der Waals surface area contributed by atoms with Gasteiger partial charge >= 0.3 is 0 Å². The van der Waals surface area contributed by atoms with Gasteiger partial charge in [-0.3, -0.25) is 0 Å². The standard InChI is InChI=1S/C23H28N2O2/c1-4-14-25(3)17-19-9-8-12-21(16-19)26-15-13-22-18(2)27-23(24-22)20-10-6-5-7-11-20/h5-12,16H,4,13-15,17H2,1-3H3. The van der Waals surface area contributed by atoms with E-state index in [2.05, 4.69) is 42.1 Å². The van der Waals surface area contributed by atoms with E-state index >= 15 is 0 Å². The van der Waals surface area contributed by atoms with Crippen LogP contribution in [0.2, 0.25) is 0 Å². The number of benzene rings is 2. The highest BCUT2D eigenvalue weighted by Gasteiger charge is 2.11. The summed E-state index contributed by atoms with van der Waals surface area (Å²) in [5.74, 6) is 2.43. The van der Waals surface area contributed by atoms with Crippen LogP contribution in [0.15, 0.2) is 59.0 Å². The number of aromatic nitrogens is 1. The van der Waals surface area contributed by atoms with Gasteiger partial charge in [-0.25, -0.2) is 4.98 Å². The average molecular weight is 364 g/mol. The fraction of sp³-hybridized carbons (Fsp3) is 0.348. The molecule has 0 unspecified atom stereocenters. The third kappa shape index (κ3) is 5.44. The highest BCUT2D eigenvalue weighted by atomic mass is 16.5. The third-order valence-electron chi connectivity index (χ3n) is 4.48. The van der Waals surface area contributed by atoms with Gasteiger partial charge in [0.1, 0.15) is 11.5 Å². The van der Waals surface area contributed by atoms with Crippen molar-refractivity contribution in [1.82, 2.24) is 9.88 Å². The first-order valence-electron chi connectivity index (χ1n) is 9.57. The summed E-state index contributed by atoms with van der Waals surface area (Å²) in [4.78, 5) is 6.96. The Hall–Kier alpha value is -2.59. The van der Waals surface area contributed by atoms with Crippen molar-refractivity contribution in [3.05, 3.63) is 71.6 Å². The van der Waals surface area contributed by atoms with Crippen molar-refractivity contribution in [2.45, 2.75) is 33.2 Å². The molecule has 0 spiro atoms. The number of oxazole rings is 1. The molecule has 4 nitrogen and oxygen atoms in total. The highest BCUT2D eigenvalue weighted by molar-refractivity contribution is 5.53. The summed E-state index contributed by atoms with van der Waals surface area (Å²) in [6, 6.07) is 18.3. The van der Waals surface area contributed by atoms with E-state index in [1.54, 1.807) is 0 Å². The van der Waals surface area contributed by atoms with E-state index < -0.39 is 0 Å². The van der Waals surface area contributed by atoms with Crippen LogP contribution in [0.4, 0.5) is 0 Å².